The van der Waals surface area contributed by atoms with Crippen molar-refractivity contribution in [2.45, 2.75) is 18.9 Å². The SMILES string of the molecule is NC(=O)c1cccc(C(=O)Nc2cccc(OCC3CCCO3)c2)c1. The van der Waals surface area contributed by atoms with Crippen LogP contribution in [0.1, 0.15) is 33.6 Å². The highest BCUT2D eigenvalue weighted by molar-refractivity contribution is 6.06. The molecule has 1 atom stereocenters. The van der Waals surface area contributed by atoms with E-state index in [9.17, 15) is 9.59 Å². The van der Waals surface area contributed by atoms with Gasteiger partial charge in [-0.15, -0.1) is 0 Å². The van der Waals surface area contributed by atoms with Gasteiger partial charge in [-0.3, -0.25) is 9.59 Å². The van der Waals surface area contributed by atoms with Crippen molar-refractivity contribution in [1.29, 1.82) is 0 Å². The summed E-state index contributed by atoms with van der Waals surface area (Å²) in [6.45, 7) is 1.28. The van der Waals surface area contributed by atoms with Gasteiger partial charge in [-0.05, 0) is 43.2 Å². The summed E-state index contributed by atoms with van der Waals surface area (Å²) in [6, 6.07) is 13.4. The molecule has 2 aromatic rings. The molecule has 1 saturated heterocycles. The number of carbonyl (C=O) groups excluding carboxylic acids is 2. The Labute approximate surface area is 145 Å². The highest BCUT2D eigenvalue weighted by Gasteiger charge is 2.16. The molecule has 0 radical (unpaired) electrons. The Morgan fingerprint density at radius 1 is 1.16 bits per heavy atom. The van der Waals surface area contributed by atoms with E-state index in [4.69, 9.17) is 15.2 Å². The smallest absolute Gasteiger partial charge is 0.255 e. The molecule has 3 rings (SSSR count). The zero-order valence-corrected chi connectivity index (χ0v) is 13.7. The molecule has 0 bridgehead atoms. The van der Waals surface area contributed by atoms with Crippen LogP contribution >= 0.6 is 0 Å². The summed E-state index contributed by atoms with van der Waals surface area (Å²) in [7, 11) is 0. The van der Waals surface area contributed by atoms with E-state index >= 15 is 0 Å². The number of amides is 2. The summed E-state index contributed by atoms with van der Waals surface area (Å²) in [4.78, 5) is 23.6. The van der Waals surface area contributed by atoms with Gasteiger partial charge in [0.15, 0.2) is 0 Å². The molecule has 1 unspecified atom stereocenters. The fourth-order valence-electron chi connectivity index (χ4n) is 2.65. The lowest BCUT2D eigenvalue weighted by atomic mass is 10.1. The number of hydrogen-bond donors (Lipinski definition) is 2. The Hall–Kier alpha value is -2.86. The van der Waals surface area contributed by atoms with E-state index in [0.717, 1.165) is 19.4 Å². The second-order valence-corrected chi connectivity index (χ2v) is 5.87. The van der Waals surface area contributed by atoms with Crippen LogP contribution < -0.4 is 15.8 Å². The van der Waals surface area contributed by atoms with E-state index in [1.54, 1.807) is 36.4 Å². The molecule has 0 aromatic heterocycles. The molecular formula is C19H20N2O4. The monoisotopic (exact) mass is 340 g/mol. The Kier molecular flexibility index (Phi) is 5.30. The second-order valence-electron chi connectivity index (χ2n) is 5.87. The van der Waals surface area contributed by atoms with E-state index < -0.39 is 5.91 Å². The first-order chi connectivity index (χ1) is 12.1. The first kappa shape index (κ1) is 17.0. The number of primary amides is 1. The van der Waals surface area contributed by atoms with Crippen molar-refractivity contribution < 1.29 is 19.1 Å². The summed E-state index contributed by atoms with van der Waals surface area (Å²) in [5, 5.41) is 2.79. The number of ether oxygens (including phenoxy) is 2. The number of benzene rings is 2. The van der Waals surface area contributed by atoms with Crippen molar-refractivity contribution in [3.63, 3.8) is 0 Å². The molecule has 2 aromatic carbocycles. The molecule has 6 nitrogen and oxygen atoms in total. The van der Waals surface area contributed by atoms with Crippen LogP contribution in [0.2, 0.25) is 0 Å². The van der Waals surface area contributed by atoms with Gasteiger partial charge in [0.2, 0.25) is 5.91 Å². The van der Waals surface area contributed by atoms with E-state index in [2.05, 4.69) is 5.32 Å². The molecule has 0 saturated carbocycles. The minimum Gasteiger partial charge on any atom is -0.491 e. The van der Waals surface area contributed by atoms with Crippen LogP contribution in [0, 0.1) is 0 Å². The molecule has 6 heteroatoms. The minimum atomic E-state index is -0.570. The molecule has 1 aliphatic rings. The summed E-state index contributed by atoms with van der Waals surface area (Å²) in [6.07, 6.45) is 2.20. The average Bonchev–Trinajstić information content (AvgIpc) is 3.14. The van der Waals surface area contributed by atoms with E-state index in [-0.39, 0.29) is 12.0 Å². The molecule has 0 spiro atoms. The Morgan fingerprint density at radius 2 is 1.96 bits per heavy atom. The number of hydrogen-bond acceptors (Lipinski definition) is 4. The molecule has 1 heterocycles. The van der Waals surface area contributed by atoms with E-state index in [0.29, 0.717) is 29.2 Å². The van der Waals surface area contributed by atoms with Crippen LogP contribution in [-0.2, 0) is 4.74 Å². The van der Waals surface area contributed by atoms with Crippen LogP contribution in [0.4, 0.5) is 5.69 Å². The first-order valence-corrected chi connectivity index (χ1v) is 8.17. The third-order valence-corrected chi connectivity index (χ3v) is 3.96. The quantitative estimate of drug-likeness (QED) is 0.846. The lowest BCUT2D eigenvalue weighted by molar-refractivity contribution is 0.0679. The van der Waals surface area contributed by atoms with Gasteiger partial charge >= 0.3 is 0 Å². The molecule has 1 aliphatic heterocycles. The van der Waals surface area contributed by atoms with Gasteiger partial charge < -0.3 is 20.5 Å². The Bertz CT molecular complexity index is 770. The number of rotatable bonds is 6. The fourth-order valence-corrected chi connectivity index (χ4v) is 2.65. The topological polar surface area (TPSA) is 90.7 Å². The van der Waals surface area contributed by atoms with Gasteiger partial charge in [0.1, 0.15) is 12.4 Å². The zero-order chi connectivity index (χ0) is 17.6. The Morgan fingerprint density at radius 3 is 2.72 bits per heavy atom. The van der Waals surface area contributed by atoms with Crippen molar-refractivity contribution >= 4 is 17.5 Å². The molecule has 0 aliphatic carbocycles. The molecular weight excluding hydrogens is 320 g/mol. The highest BCUT2D eigenvalue weighted by Crippen LogP contribution is 2.20. The van der Waals surface area contributed by atoms with Crippen LogP contribution in [-0.4, -0.2) is 31.1 Å². The van der Waals surface area contributed by atoms with Crippen molar-refractivity contribution in [3.05, 3.63) is 59.7 Å². The van der Waals surface area contributed by atoms with Crippen LogP contribution in [0.5, 0.6) is 5.75 Å². The zero-order valence-electron chi connectivity index (χ0n) is 13.7. The van der Waals surface area contributed by atoms with E-state index in [1.807, 2.05) is 6.07 Å². The molecule has 1 fully saturated rings. The third kappa shape index (κ3) is 4.58. The van der Waals surface area contributed by atoms with E-state index in [1.165, 1.54) is 6.07 Å². The standard InChI is InChI=1S/C19H20N2O4/c20-18(22)13-4-1-5-14(10-13)19(23)21-15-6-2-7-16(11-15)25-12-17-8-3-9-24-17/h1-2,4-7,10-11,17H,3,8-9,12H2,(H2,20,22)(H,21,23). The Balaban J connectivity index is 1.63. The first-order valence-electron chi connectivity index (χ1n) is 8.17. The van der Waals surface area contributed by atoms with Gasteiger partial charge in [-0.2, -0.15) is 0 Å². The highest BCUT2D eigenvalue weighted by atomic mass is 16.5. The van der Waals surface area contributed by atoms with Gasteiger partial charge in [-0.1, -0.05) is 12.1 Å². The van der Waals surface area contributed by atoms with Crippen molar-refractivity contribution in [3.8, 4) is 5.75 Å². The maximum absolute atomic E-state index is 12.3. The summed E-state index contributed by atoms with van der Waals surface area (Å²) < 4.78 is 11.3. The number of anilines is 1. The van der Waals surface area contributed by atoms with Crippen LogP contribution in [0.15, 0.2) is 48.5 Å². The predicted molar refractivity (Wildman–Crippen MR) is 93.8 cm³/mol. The molecule has 2 amide bonds. The summed E-state index contributed by atoms with van der Waals surface area (Å²) in [5.74, 6) is -0.224. The average molecular weight is 340 g/mol. The third-order valence-electron chi connectivity index (χ3n) is 3.96. The van der Waals surface area contributed by atoms with Crippen molar-refractivity contribution in [1.82, 2.24) is 0 Å². The van der Waals surface area contributed by atoms with Crippen molar-refractivity contribution in [2.75, 3.05) is 18.5 Å². The normalized spacial score (nSPS) is 16.4. The second kappa shape index (κ2) is 7.81. The van der Waals surface area contributed by atoms with Gasteiger partial charge in [0.05, 0.1) is 6.10 Å². The maximum atomic E-state index is 12.3. The fraction of sp³-hybridized carbons (Fsp3) is 0.263. The minimum absolute atomic E-state index is 0.134. The maximum Gasteiger partial charge on any atom is 0.255 e. The van der Waals surface area contributed by atoms with Crippen molar-refractivity contribution in [2.24, 2.45) is 5.73 Å². The van der Waals surface area contributed by atoms with Crippen LogP contribution in [0.25, 0.3) is 0 Å². The molecule has 3 N–H and O–H groups in total. The molecule has 25 heavy (non-hydrogen) atoms. The van der Waals surface area contributed by atoms with Crippen LogP contribution in [0.3, 0.4) is 0 Å². The lowest BCUT2D eigenvalue weighted by Gasteiger charge is -2.12. The summed E-state index contributed by atoms with van der Waals surface area (Å²) in [5.41, 5.74) is 6.51. The number of nitrogens with one attached hydrogen (secondary N) is 1. The predicted octanol–water partition coefficient (Wildman–Crippen LogP) is 2.60. The van der Waals surface area contributed by atoms with Gasteiger partial charge in [0, 0.05) is 29.5 Å². The number of nitrogens with two attached hydrogens (primary N) is 1. The van der Waals surface area contributed by atoms with Gasteiger partial charge in [0.25, 0.3) is 5.91 Å². The lowest BCUT2D eigenvalue weighted by Crippen LogP contribution is -2.17. The number of carbonyl (C=O) groups is 2. The largest absolute Gasteiger partial charge is 0.491 e. The van der Waals surface area contributed by atoms with Gasteiger partial charge in [-0.25, -0.2) is 0 Å². The summed E-state index contributed by atoms with van der Waals surface area (Å²) >= 11 is 0. The molecule has 130 valence electrons.